The van der Waals surface area contributed by atoms with Crippen molar-refractivity contribution in [1.82, 2.24) is 14.8 Å². The fraction of sp³-hybridized carbons (Fsp3) is 0.538. The van der Waals surface area contributed by atoms with Gasteiger partial charge >= 0.3 is 0 Å². The van der Waals surface area contributed by atoms with E-state index in [0.29, 0.717) is 13.0 Å². The zero-order valence-electron chi connectivity index (χ0n) is 21.3. The summed E-state index contributed by atoms with van der Waals surface area (Å²) in [6.45, 7) is 2.74. The van der Waals surface area contributed by atoms with Crippen LogP contribution in [0.3, 0.4) is 0 Å². The van der Waals surface area contributed by atoms with E-state index < -0.39 is 47.3 Å². The largest absolute Gasteiger partial charge is 0.379 e. The Morgan fingerprint density at radius 3 is 2.47 bits per heavy atom. The smallest absolute Gasteiger partial charge is 0.266 e. The van der Waals surface area contributed by atoms with Gasteiger partial charge in [-0.15, -0.1) is 0 Å². The fourth-order valence-corrected chi connectivity index (χ4v) is 4.97. The van der Waals surface area contributed by atoms with Crippen LogP contribution in [0.4, 0.5) is 27.6 Å². The number of methoxy groups -OCH3 is 1. The molecule has 7 nitrogen and oxygen atoms in total. The van der Waals surface area contributed by atoms with Crippen molar-refractivity contribution >= 4 is 11.6 Å². The van der Waals surface area contributed by atoms with E-state index in [1.807, 2.05) is 7.05 Å². The number of hydrogen-bond acceptors (Lipinski definition) is 5. The molecule has 2 N–H and O–H groups in total. The normalized spacial score (nSPS) is 21.9. The lowest BCUT2D eigenvalue weighted by molar-refractivity contribution is 0.0312. The van der Waals surface area contributed by atoms with Crippen LogP contribution in [0.5, 0.6) is 0 Å². The second kappa shape index (κ2) is 11.0. The van der Waals surface area contributed by atoms with Crippen LogP contribution in [-0.4, -0.2) is 61.2 Å². The number of hydrogen-bond donors (Lipinski definition) is 2. The van der Waals surface area contributed by atoms with E-state index in [1.165, 1.54) is 19.1 Å². The van der Waals surface area contributed by atoms with E-state index in [0.717, 1.165) is 29.4 Å². The third-order valence-electron chi connectivity index (χ3n) is 7.46. The molecule has 1 aliphatic carbocycles. The highest BCUT2D eigenvalue weighted by Crippen LogP contribution is 2.48. The number of benzene rings is 1. The molecular weight excluding hydrogens is 511 g/mol. The highest BCUT2D eigenvalue weighted by Gasteiger charge is 2.53. The standard InChI is InChI=1S/C26H31F5N4O3/c1-14(15-5-4-6-16(22(15)27)23(28)29)32-24(37)17-12-35(26(8-9-26)25(30)31)21(36)11-19(17)33-18-7-10-34(2)13-20(18)38-3/h4-6,11-12,14,18,20,23,25,33H,7-10,13H2,1-3H3,(H,32,37)/t14-,18-,20+/m1/s1. The molecule has 0 bridgehead atoms. The first-order valence-corrected chi connectivity index (χ1v) is 12.4. The molecule has 2 aliphatic rings. The molecule has 0 spiro atoms. The second-order valence-electron chi connectivity index (χ2n) is 10.0. The van der Waals surface area contributed by atoms with Crippen molar-refractivity contribution in [2.24, 2.45) is 0 Å². The van der Waals surface area contributed by atoms with Crippen LogP contribution in [0.15, 0.2) is 35.3 Å². The van der Waals surface area contributed by atoms with Crippen LogP contribution in [-0.2, 0) is 10.3 Å². The van der Waals surface area contributed by atoms with Gasteiger partial charge in [-0.05, 0) is 39.8 Å². The number of alkyl halides is 4. The number of likely N-dealkylation sites (N-methyl/N-ethyl adjacent to an activating group) is 1. The number of anilines is 1. The predicted molar refractivity (Wildman–Crippen MR) is 131 cm³/mol. The SMILES string of the molecule is CO[C@H]1CN(C)CC[C@H]1Nc1cc(=O)n(C2(C(F)F)CC2)cc1C(=O)N[C@H](C)c1cccc(C(F)F)c1F. The maximum Gasteiger partial charge on any atom is 0.266 e. The zero-order valence-corrected chi connectivity index (χ0v) is 21.3. The summed E-state index contributed by atoms with van der Waals surface area (Å²) in [5.41, 5.74) is -3.29. The molecule has 1 aromatic carbocycles. The highest BCUT2D eigenvalue weighted by atomic mass is 19.3. The first kappa shape index (κ1) is 28.0. The van der Waals surface area contributed by atoms with E-state index in [4.69, 9.17) is 4.74 Å². The predicted octanol–water partition coefficient (Wildman–Crippen LogP) is 4.30. The van der Waals surface area contributed by atoms with Crippen molar-refractivity contribution in [2.75, 3.05) is 32.6 Å². The van der Waals surface area contributed by atoms with Crippen molar-refractivity contribution in [3.05, 3.63) is 63.3 Å². The van der Waals surface area contributed by atoms with Gasteiger partial charge in [-0.1, -0.05) is 18.2 Å². The number of carbonyl (C=O) groups is 1. The molecule has 208 valence electrons. The van der Waals surface area contributed by atoms with Gasteiger partial charge in [0.25, 0.3) is 24.3 Å². The minimum Gasteiger partial charge on any atom is -0.379 e. The molecule has 1 amide bonds. The van der Waals surface area contributed by atoms with Gasteiger partial charge in [0, 0.05) is 31.5 Å². The van der Waals surface area contributed by atoms with Crippen LogP contribution in [0.25, 0.3) is 0 Å². The van der Waals surface area contributed by atoms with Gasteiger partial charge in [0.05, 0.1) is 35.0 Å². The summed E-state index contributed by atoms with van der Waals surface area (Å²) in [5, 5.41) is 5.75. The Labute approximate surface area is 217 Å². The average molecular weight is 543 g/mol. The van der Waals surface area contributed by atoms with E-state index in [1.54, 1.807) is 7.11 Å². The zero-order chi connectivity index (χ0) is 27.8. The third kappa shape index (κ3) is 5.42. The number of ether oxygens (including phenoxy) is 1. The summed E-state index contributed by atoms with van der Waals surface area (Å²) in [7, 11) is 3.48. The summed E-state index contributed by atoms with van der Waals surface area (Å²) in [4.78, 5) is 28.4. The molecule has 38 heavy (non-hydrogen) atoms. The Bertz CT molecular complexity index is 1230. The molecule has 12 heteroatoms. The summed E-state index contributed by atoms with van der Waals surface area (Å²) in [5.74, 6) is -1.91. The number of amides is 1. The van der Waals surface area contributed by atoms with Gasteiger partial charge in [-0.25, -0.2) is 22.0 Å². The summed E-state index contributed by atoms with van der Waals surface area (Å²) < 4.78 is 75.3. The number of halogens is 5. The molecule has 4 rings (SSSR count). The maximum atomic E-state index is 14.7. The van der Waals surface area contributed by atoms with Gasteiger partial charge in [0.15, 0.2) is 0 Å². The Morgan fingerprint density at radius 1 is 1.18 bits per heavy atom. The quantitative estimate of drug-likeness (QED) is 0.463. The minimum absolute atomic E-state index is 0.0845. The fourth-order valence-electron chi connectivity index (χ4n) is 4.97. The lowest BCUT2D eigenvalue weighted by Gasteiger charge is -2.37. The molecule has 3 atom stereocenters. The van der Waals surface area contributed by atoms with Crippen molar-refractivity contribution < 1.29 is 31.5 Å². The maximum absolute atomic E-state index is 14.7. The summed E-state index contributed by atoms with van der Waals surface area (Å²) >= 11 is 0. The molecule has 0 radical (unpaired) electrons. The number of likely N-dealkylation sites (tertiary alicyclic amines) is 1. The Kier molecular flexibility index (Phi) is 8.12. The van der Waals surface area contributed by atoms with Crippen LogP contribution in [0.2, 0.25) is 0 Å². The second-order valence-corrected chi connectivity index (χ2v) is 10.0. The number of rotatable bonds is 9. The summed E-state index contributed by atoms with van der Waals surface area (Å²) in [6.07, 6.45) is -4.22. The van der Waals surface area contributed by atoms with E-state index in [2.05, 4.69) is 15.5 Å². The molecule has 2 aromatic rings. The number of nitrogens with zero attached hydrogens (tertiary/aromatic N) is 2. The molecule has 2 fully saturated rings. The Morgan fingerprint density at radius 2 is 1.87 bits per heavy atom. The van der Waals surface area contributed by atoms with Gasteiger partial charge in [0.2, 0.25) is 0 Å². The van der Waals surface area contributed by atoms with E-state index >= 15 is 0 Å². The van der Waals surface area contributed by atoms with Crippen molar-refractivity contribution in [3.8, 4) is 0 Å². The topological polar surface area (TPSA) is 75.6 Å². The summed E-state index contributed by atoms with van der Waals surface area (Å²) in [6, 6.07) is 3.31. The lowest BCUT2D eigenvalue weighted by atomic mass is 10.0. The monoisotopic (exact) mass is 542 g/mol. The van der Waals surface area contributed by atoms with Crippen LogP contribution in [0.1, 0.15) is 60.1 Å². The Balaban J connectivity index is 1.69. The molecule has 1 aliphatic heterocycles. The van der Waals surface area contributed by atoms with Crippen molar-refractivity contribution in [2.45, 2.75) is 62.8 Å². The van der Waals surface area contributed by atoms with Gasteiger partial charge in [-0.2, -0.15) is 0 Å². The number of piperidine rings is 1. The number of nitrogens with one attached hydrogen (secondary N) is 2. The molecule has 1 aromatic heterocycles. The third-order valence-corrected chi connectivity index (χ3v) is 7.46. The van der Waals surface area contributed by atoms with E-state index in [9.17, 15) is 31.5 Å². The highest BCUT2D eigenvalue weighted by molar-refractivity contribution is 5.99. The van der Waals surface area contributed by atoms with Gasteiger partial charge in [0.1, 0.15) is 11.4 Å². The van der Waals surface area contributed by atoms with Crippen molar-refractivity contribution in [1.29, 1.82) is 0 Å². The van der Waals surface area contributed by atoms with Gasteiger partial charge in [-0.3, -0.25) is 9.59 Å². The number of aromatic nitrogens is 1. The number of carbonyl (C=O) groups excluding carboxylic acids is 1. The first-order chi connectivity index (χ1) is 18.0. The minimum atomic E-state index is -3.04. The van der Waals surface area contributed by atoms with Crippen LogP contribution >= 0.6 is 0 Å². The lowest BCUT2D eigenvalue weighted by Crippen LogP contribution is -2.49. The van der Waals surface area contributed by atoms with E-state index in [-0.39, 0.29) is 41.8 Å². The van der Waals surface area contributed by atoms with Crippen LogP contribution < -0.4 is 16.2 Å². The molecular formula is C26H31F5N4O3. The molecule has 1 saturated heterocycles. The first-order valence-electron chi connectivity index (χ1n) is 12.4. The molecule has 2 heterocycles. The average Bonchev–Trinajstić information content (AvgIpc) is 3.67. The van der Waals surface area contributed by atoms with Crippen LogP contribution in [0, 0.1) is 5.82 Å². The molecule has 1 saturated carbocycles. The van der Waals surface area contributed by atoms with Gasteiger partial charge < -0.3 is 24.8 Å². The van der Waals surface area contributed by atoms with Crippen molar-refractivity contribution in [3.63, 3.8) is 0 Å². The number of pyridine rings is 1. The Hall–Kier alpha value is -2.99. The molecule has 0 unspecified atom stereocenters.